The molecule has 2 aliphatic rings. The van der Waals surface area contributed by atoms with Gasteiger partial charge in [0.2, 0.25) is 0 Å². The molecular weight excluding hydrogens is 276 g/mol. The number of hydrogen-bond donors (Lipinski definition) is 2. The standard InChI is InChI=1S/C16H22N6/c1-3-11-9-22-7-5-12(8-14(22)20-11)21(2)16-13-4-6-17-15(13)18-10-19-16/h4,6,9,12,17-18H,3,5,7-8,10H2,1-2H3. The summed E-state index contributed by atoms with van der Waals surface area (Å²) in [5.41, 5.74) is 2.36. The minimum Gasteiger partial charge on any atom is -0.356 e. The Morgan fingerprint density at radius 1 is 1.45 bits per heavy atom. The minimum absolute atomic E-state index is 0.458. The molecule has 6 nitrogen and oxygen atoms in total. The zero-order chi connectivity index (χ0) is 15.1. The number of anilines is 1. The van der Waals surface area contributed by atoms with Crippen LogP contribution in [0.1, 0.15) is 30.4 Å². The first kappa shape index (κ1) is 13.4. The largest absolute Gasteiger partial charge is 0.356 e. The Hall–Kier alpha value is -2.24. The Morgan fingerprint density at radius 3 is 3.23 bits per heavy atom. The third kappa shape index (κ3) is 2.10. The number of hydrogen-bond acceptors (Lipinski definition) is 4. The maximum absolute atomic E-state index is 4.76. The molecule has 0 amide bonds. The zero-order valence-electron chi connectivity index (χ0n) is 13.1. The Balaban J connectivity index is 1.57. The number of aryl methyl sites for hydroxylation is 2. The van der Waals surface area contributed by atoms with Crippen molar-refractivity contribution >= 4 is 11.7 Å². The second-order valence-corrected chi connectivity index (χ2v) is 6.04. The van der Waals surface area contributed by atoms with Crippen LogP contribution in [0.2, 0.25) is 0 Å². The quantitative estimate of drug-likeness (QED) is 0.889. The van der Waals surface area contributed by atoms with E-state index in [-0.39, 0.29) is 0 Å². The SMILES string of the molecule is CCc1cn2c(n1)CC(N(C)C1=NCNc3[nH]ccc31)CC2. The molecule has 0 saturated heterocycles. The van der Waals surface area contributed by atoms with Gasteiger partial charge in [-0.15, -0.1) is 0 Å². The summed E-state index contributed by atoms with van der Waals surface area (Å²) >= 11 is 0. The smallest absolute Gasteiger partial charge is 0.136 e. The van der Waals surface area contributed by atoms with E-state index in [4.69, 9.17) is 4.98 Å². The summed E-state index contributed by atoms with van der Waals surface area (Å²) in [6, 6.07) is 2.55. The summed E-state index contributed by atoms with van der Waals surface area (Å²) in [4.78, 5) is 15.0. The first-order chi connectivity index (χ1) is 10.8. The third-order valence-corrected chi connectivity index (χ3v) is 4.75. The van der Waals surface area contributed by atoms with Crippen molar-refractivity contribution in [1.29, 1.82) is 0 Å². The van der Waals surface area contributed by atoms with Gasteiger partial charge in [-0.1, -0.05) is 6.92 Å². The van der Waals surface area contributed by atoms with Crippen molar-refractivity contribution in [2.45, 2.75) is 38.8 Å². The highest BCUT2D eigenvalue weighted by molar-refractivity contribution is 6.04. The van der Waals surface area contributed by atoms with Crippen LogP contribution < -0.4 is 5.32 Å². The van der Waals surface area contributed by atoms with Crippen molar-refractivity contribution in [3.8, 4) is 0 Å². The van der Waals surface area contributed by atoms with Gasteiger partial charge in [0, 0.05) is 38.4 Å². The maximum Gasteiger partial charge on any atom is 0.136 e. The number of imidazole rings is 1. The van der Waals surface area contributed by atoms with Crippen LogP contribution in [0.25, 0.3) is 0 Å². The molecule has 0 saturated carbocycles. The first-order valence-corrected chi connectivity index (χ1v) is 8.00. The summed E-state index contributed by atoms with van der Waals surface area (Å²) in [5, 5.41) is 3.27. The Kier molecular flexibility index (Phi) is 3.17. The number of rotatable bonds is 2. The molecule has 22 heavy (non-hydrogen) atoms. The molecule has 2 N–H and O–H groups in total. The van der Waals surface area contributed by atoms with Crippen LogP contribution in [-0.2, 0) is 19.4 Å². The van der Waals surface area contributed by atoms with Crippen LogP contribution >= 0.6 is 0 Å². The van der Waals surface area contributed by atoms with Crippen molar-refractivity contribution in [2.75, 3.05) is 19.0 Å². The molecular formula is C16H22N6. The number of aromatic amines is 1. The summed E-state index contributed by atoms with van der Waals surface area (Å²) < 4.78 is 2.31. The van der Waals surface area contributed by atoms with Gasteiger partial charge in [-0.2, -0.15) is 0 Å². The predicted molar refractivity (Wildman–Crippen MR) is 87.3 cm³/mol. The summed E-state index contributed by atoms with van der Waals surface area (Å²) in [7, 11) is 2.16. The average molecular weight is 298 g/mol. The van der Waals surface area contributed by atoms with E-state index in [1.165, 1.54) is 11.5 Å². The van der Waals surface area contributed by atoms with Crippen molar-refractivity contribution < 1.29 is 0 Å². The molecule has 0 aliphatic carbocycles. The van der Waals surface area contributed by atoms with Crippen molar-refractivity contribution in [2.24, 2.45) is 4.99 Å². The van der Waals surface area contributed by atoms with Gasteiger partial charge in [-0.3, -0.25) is 0 Å². The van der Waals surface area contributed by atoms with E-state index in [1.807, 2.05) is 6.20 Å². The highest BCUT2D eigenvalue weighted by atomic mass is 15.3. The van der Waals surface area contributed by atoms with E-state index >= 15 is 0 Å². The van der Waals surface area contributed by atoms with Crippen molar-refractivity contribution in [1.82, 2.24) is 19.4 Å². The molecule has 116 valence electrons. The fourth-order valence-electron chi connectivity index (χ4n) is 3.43. The molecule has 1 atom stereocenters. The molecule has 0 radical (unpaired) electrons. The van der Waals surface area contributed by atoms with E-state index in [0.717, 1.165) is 43.0 Å². The lowest BCUT2D eigenvalue weighted by Crippen LogP contribution is -2.43. The van der Waals surface area contributed by atoms with Gasteiger partial charge >= 0.3 is 0 Å². The highest BCUT2D eigenvalue weighted by Crippen LogP contribution is 2.24. The second kappa shape index (κ2) is 5.19. The fraction of sp³-hybridized carbons (Fsp3) is 0.500. The maximum atomic E-state index is 4.76. The van der Waals surface area contributed by atoms with Gasteiger partial charge < -0.3 is 19.8 Å². The van der Waals surface area contributed by atoms with Gasteiger partial charge in [-0.25, -0.2) is 9.98 Å². The normalized spacial score (nSPS) is 19.9. The van der Waals surface area contributed by atoms with E-state index in [1.54, 1.807) is 0 Å². The number of aromatic nitrogens is 3. The highest BCUT2D eigenvalue weighted by Gasteiger charge is 2.28. The number of nitrogens with zero attached hydrogens (tertiary/aromatic N) is 4. The topological polar surface area (TPSA) is 61.2 Å². The van der Waals surface area contributed by atoms with E-state index in [0.29, 0.717) is 12.7 Å². The van der Waals surface area contributed by atoms with Crippen LogP contribution in [0.5, 0.6) is 0 Å². The summed E-state index contributed by atoms with van der Waals surface area (Å²) in [6.07, 6.45) is 7.30. The van der Waals surface area contributed by atoms with Gasteiger partial charge in [-0.05, 0) is 18.9 Å². The Bertz CT molecular complexity index is 710. The number of likely N-dealkylation sites (N-methyl/N-ethyl adjacent to an activating group) is 1. The van der Waals surface area contributed by atoms with Crippen LogP contribution in [0.15, 0.2) is 23.5 Å². The van der Waals surface area contributed by atoms with E-state index in [9.17, 15) is 0 Å². The molecule has 1 unspecified atom stereocenters. The Morgan fingerprint density at radius 2 is 2.36 bits per heavy atom. The lowest BCUT2D eigenvalue weighted by molar-refractivity contribution is 0.294. The predicted octanol–water partition coefficient (Wildman–Crippen LogP) is 1.85. The number of aliphatic imine (C=N–C) groups is 1. The summed E-state index contributed by atoms with van der Waals surface area (Å²) in [5.74, 6) is 3.36. The number of nitrogens with one attached hydrogen (secondary N) is 2. The fourth-order valence-corrected chi connectivity index (χ4v) is 3.43. The molecule has 2 aliphatic heterocycles. The van der Waals surface area contributed by atoms with Crippen LogP contribution in [0, 0.1) is 0 Å². The zero-order valence-corrected chi connectivity index (χ0v) is 13.1. The van der Waals surface area contributed by atoms with E-state index < -0.39 is 0 Å². The molecule has 0 bridgehead atoms. The van der Waals surface area contributed by atoms with Crippen LogP contribution in [-0.4, -0.2) is 45.0 Å². The van der Waals surface area contributed by atoms with Gasteiger partial charge in [0.05, 0.1) is 11.3 Å². The molecule has 2 aromatic heterocycles. The lowest BCUT2D eigenvalue weighted by Gasteiger charge is -2.35. The molecule has 0 fully saturated rings. The average Bonchev–Trinajstić information content (AvgIpc) is 3.18. The van der Waals surface area contributed by atoms with Crippen LogP contribution in [0.3, 0.4) is 0 Å². The lowest BCUT2D eigenvalue weighted by atomic mass is 10.0. The minimum atomic E-state index is 0.458. The molecule has 6 heteroatoms. The number of H-pyrrole nitrogens is 1. The number of amidine groups is 1. The number of fused-ring (bicyclic) bond motifs is 2. The second-order valence-electron chi connectivity index (χ2n) is 6.04. The molecule has 4 heterocycles. The summed E-state index contributed by atoms with van der Waals surface area (Å²) in [6.45, 7) is 3.84. The molecule has 0 spiro atoms. The monoisotopic (exact) mass is 298 g/mol. The van der Waals surface area contributed by atoms with Crippen molar-refractivity contribution in [3.63, 3.8) is 0 Å². The van der Waals surface area contributed by atoms with Crippen LogP contribution in [0.4, 0.5) is 5.82 Å². The molecule has 0 aromatic carbocycles. The van der Waals surface area contributed by atoms with E-state index in [2.05, 4.69) is 51.0 Å². The molecule has 2 aromatic rings. The molecule has 4 rings (SSSR count). The Labute approximate surface area is 130 Å². The van der Waals surface area contributed by atoms with Gasteiger partial charge in [0.15, 0.2) is 0 Å². The third-order valence-electron chi connectivity index (χ3n) is 4.75. The van der Waals surface area contributed by atoms with Gasteiger partial charge in [0.25, 0.3) is 0 Å². The first-order valence-electron chi connectivity index (χ1n) is 8.00. The van der Waals surface area contributed by atoms with Crippen molar-refractivity contribution in [3.05, 3.63) is 35.5 Å². The van der Waals surface area contributed by atoms with Gasteiger partial charge in [0.1, 0.15) is 24.1 Å².